The number of anilines is 1. The monoisotopic (exact) mass is 406 g/mol. The molecule has 0 aliphatic heterocycles. The van der Waals surface area contributed by atoms with E-state index in [1.54, 1.807) is 29.2 Å². The maximum Gasteiger partial charge on any atom is 0.253 e. The molecule has 3 aromatic rings. The smallest absolute Gasteiger partial charge is 0.253 e. The molecule has 6 heteroatoms. The van der Waals surface area contributed by atoms with Gasteiger partial charge in [0.15, 0.2) is 0 Å². The van der Waals surface area contributed by atoms with Crippen LogP contribution in [0.1, 0.15) is 16.9 Å². The van der Waals surface area contributed by atoms with E-state index in [0.29, 0.717) is 13.1 Å². The van der Waals surface area contributed by atoms with E-state index in [0.717, 1.165) is 22.6 Å². The highest BCUT2D eigenvalue weighted by Gasteiger charge is 2.17. The number of carbonyl (C=O) groups is 2. The zero-order valence-corrected chi connectivity index (χ0v) is 17.3. The molecule has 0 bridgehead atoms. The second-order valence-electron chi connectivity index (χ2n) is 7.07. The van der Waals surface area contributed by atoms with Crippen molar-refractivity contribution in [3.63, 3.8) is 0 Å². The largest absolute Gasteiger partial charge is 0.467 e. The van der Waals surface area contributed by atoms with Gasteiger partial charge in [0.25, 0.3) is 5.91 Å². The van der Waals surface area contributed by atoms with Gasteiger partial charge in [0.1, 0.15) is 12.4 Å². The Hall–Kier alpha value is -3.38. The number of hydrogen-bond donors (Lipinski definition) is 0. The molecule has 0 fully saturated rings. The van der Waals surface area contributed by atoms with Crippen LogP contribution in [-0.4, -0.2) is 37.5 Å². The fourth-order valence-electron chi connectivity index (χ4n) is 3.12. The summed E-state index contributed by atoms with van der Waals surface area (Å²) in [6.07, 6.45) is 1.88. The molecule has 0 spiro atoms. The molecule has 1 heterocycles. The molecule has 156 valence electrons. The zero-order valence-electron chi connectivity index (χ0n) is 17.3. The highest BCUT2D eigenvalue weighted by molar-refractivity contribution is 5.94. The Labute approximate surface area is 176 Å². The van der Waals surface area contributed by atoms with Crippen molar-refractivity contribution in [2.24, 2.45) is 0 Å². The lowest BCUT2D eigenvalue weighted by Crippen LogP contribution is -2.33. The summed E-state index contributed by atoms with van der Waals surface area (Å²) in [6.45, 7) is 0.887. The van der Waals surface area contributed by atoms with Crippen LogP contribution in [0.25, 0.3) is 0 Å². The Kier molecular flexibility index (Phi) is 7.40. The molecular formula is C24H26N2O4. The topological polar surface area (TPSA) is 63.0 Å². The Bertz CT molecular complexity index is 937. The van der Waals surface area contributed by atoms with E-state index in [4.69, 9.17) is 9.15 Å². The summed E-state index contributed by atoms with van der Waals surface area (Å²) in [5.41, 5.74) is 2.68. The molecule has 2 amide bonds. The van der Waals surface area contributed by atoms with Gasteiger partial charge in [-0.25, -0.2) is 0 Å². The van der Waals surface area contributed by atoms with Crippen LogP contribution in [0.3, 0.4) is 0 Å². The first-order valence-corrected chi connectivity index (χ1v) is 9.75. The SMILES string of the molecule is COCC(=O)N(Cc1ccccc1)c1ccc(CC(=O)N(C)Cc2ccco2)cc1. The molecule has 0 aliphatic rings. The van der Waals surface area contributed by atoms with E-state index in [1.165, 1.54) is 7.11 Å². The first-order valence-electron chi connectivity index (χ1n) is 9.75. The predicted molar refractivity (Wildman–Crippen MR) is 115 cm³/mol. The van der Waals surface area contributed by atoms with Gasteiger partial charge in [0.2, 0.25) is 5.91 Å². The third kappa shape index (κ3) is 5.81. The molecule has 0 saturated heterocycles. The van der Waals surface area contributed by atoms with E-state index >= 15 is 0 Å². The molecule has 0 saturated carbocycles. The Morgan fingerprint density at radius 2 is 1.60 bits per heavy atom. The van der Waals surface area contributed by atoms with Gasteiger partial charge in [-0.2, -0.15) is 0 Å². The number of hydrogen-bond acceptors (Lipinski definition) is 4. The number of methoxy groups -OCH3 is 1. The predicted octanol–water partition coefficient (Wildman–Crippen LogP) is 3.66. The first kappa shape index (κ1) is 21.3. The highest BCUT2D eigenvalue weighted by Crippen LogP contribution is 2.19. The van der Waals surface area contributed by atoms with Gasteiger partial charge < -0.3 is 19.0 Å². The van der Waals surface area contributed by atoms with Crippen LogP contribution >= 0.6 is 0 Å². The third-order valence-corrected chi connectivity index (χ3v) is 4.75. The summed E-state index contributed by atoms with van der Waals surface area (Å²) in [5, 5.41) is 0. The van der Waals surface area contributed by atoms with E-state index < -0.39 is 0 Å². The van der Waals surface area contributed by atoms with Gasteiger partial charge in [0, 0.05) is 19.8 Å². The lowest BCUT2D eigenvalue weighted by atomic mass is 10.1. The van der Waals surface area contributed by atoms with Gasteiger partial charge in [-0.3, -0.25) is 9.59 Å². The number of nitrogens with zero attached hydrogens (tertiary/aromatic N) is 2. The van der Waals surface area contributed by atoms with Crippen molar-refractivity contribution in [3.05, 3.63) is 89.9 Å². The number of amides is 2. The number of benzene rings is 2. The summed E-state index contributed by atoms with van der Waals surface area (Å²) in [5.74, 6) is 0.619. The molecule has 0 atom stereocenters. The van der Waals surface area contributed by atoms with Crippen molar-refractivity contribution < 1.29 is 18.7 Å². The quantitative estimate of drug-likeness (QED) is 0.544. The zero-order chi connectivity index (χ0) is 21.3. The van der Waals surface area contributed by atoms with E-state index in [2.05, 4.69) is 0 Å². The van der Waals surface area contributed by atoms with Crippen molar-refractivity contribution >= 4 is 17.5 Å². The van der Waals surface area contributed by atoms with Crippen molar-refractivity contribution in [1.29, 1.82) is 0 Å². The molecule has 2 aromatic carbocycles. The van der Waals surface area contributed by atoms with E-state index in [1.807, 2.05) is 60.7 Å². The third-order valence-electron chi connectivity index (χ3n) is 4.75. The molecule has 0 unspecified atom stereocenters. The molecule has 1 aromatic heterocycles. The summed E-state index contributed by atoms with van der Waals surface area (Å²) in [7, 11) is 3.26. The van der Waals surface area contributed by atoms with Crippen LogP contribution in [0.4, 0.5) is 5.69 Å². The molecule has 6 nitrogen and oxygen atoms in total. The summed E-state index contributed by atoms with van der Waals surface area (Å²) < 4.78 is 10.3. The Morgan fingerprint density at radius 3 is 2.23 bits per heavy atom. The Morgan fingerprint density at radius 1 is 0.867 bits per heavy atom. The van der Waals surface area contributed by atoms with Crippen molar-refractivity contribution in [1.82, 2.24) is 4.90 Å². The van der Waals surface area contributed by atoms with Crippen molar-refractivity contribution in [2.75, 3.05) is 25.7 Å². The summed E-state index contributed by atoms with van der Waals surface area (Å²) in [4.78, 5) is 28.4. The van der Waals surface area contributed by atoms with Crippen molar-refractivity contribution in [3.8, 4) is 0 Å². The van der Waals surface area contributed by atoms with Crippen LogP contribution < -0.4 is 4.90 Å². The normalized spacial score (nSPS) is 10.6. The van der Waals surface area contributed by atoms with Crippen LogP contribution in [0.5, 0.6) is 0 Å². The summed E-state index contributed by atoms with van der Waals surface area (Å²) in [6, 6.07) is 20.9. The number of carbonyl (C=O) groups excluding carboxylic acids is 2. The van der Waals surface area contributed by atoms with Crippen LogP contribution in [0.2, 0.25) is 0 Å². The standard InChI is InChI=1S/C24H26N2O4/c1-25(17-22-9-6-14-30-22)23(27)15-19-10-12-21(13-11-19)26(24(28)18-29-2)16-20-7-4-3-5-8-20/h3-14H,15-18H2,1-2H3. The second-order valence-corrected chi connectivity index (χ2v) is 7.07. The molecule has 0 aliphatic carbocycles. The van der Waals surface area contributed by atoms with Crippen LogP contribution in [0, 0.1) is 0 Å². The lowest BCUT2D eigenvalue weighted by molar-refractivity contribution is -0.130. The first-order chi connectivity index (χ1) is 14.6. The molecule has 3 rings (SSSR count). The maximum atomic E-state index is 12.6. The Balaban J connectivity index is 1.67. The van der Waals surface area contributed by atoms with Crippen LogP contribution in [0.15, 0.2) is 77.4 Å². The number of ether oxygens (including phenoxy) is 1. The fraction of sp³-hybridized carbons (Fsp3) is 0.250. The minimum absolute atomic E-state index is 0.00393. The minimum atomic E-state index is -0.122. The molecule has 0 N–H and O–H groups in total. The average Bonchev–Trinajstić information content (AvgIpc) is 3.26. The lowest BCUT2D eigenvalue weighted by Gasteiger charge is -2.23. The average molecular weight is 406 g/mol. The van der Waals surface area contributed by atoms with Gasteiger partial charge in [-0.15, -0.1) is 0 Å². The van der Waals surface area contributed by atoms with Crippen molar-refractivity contribution in [2.45, 2.75) is 19.5 Å². The molecule has 0 radical (unpaired) electrons. The second kappa shape index (κ2) is 10.4. The molecule has 30 heavy (non-hydrogen) atoms. The highest BCUT2D eigenvalue weighted by atomic mass is 16.5. The van der Waals surface area contributed by atoms with Gasteiger partial charge in [-0.1, -0.05) is 42.5 Å². The van der Waals surface area contributed by atoms with E-state index in [9.17, 15) is 9.59 Å². The van der Waals surface area contributed by atoms with Crippen LogP contribution in [-0.2, 0) is 33.8 Å². The number of likely N-dealkylation sites (N-methyl/N-ethyl adjacent to an activating group) is 1. The van der Waals surface area contributed by atoms with Gasteiger partial charge >= 0.3 is 0 Å². The van der Waals surface area contributed by atoms with Gasteiger partial charge in [-0.05, 0) is 35.4 Å². The maximum absolute atomic E-state index is 12.6. The van der Waals surface area contributed by atoms with Gasteiger partial charge in [0.05, 0.1) is 25.8 Å². The summed E-state index contributed by atoms with van der Waals surface area (Å²) >= 11 is 0. The minimum Gasteiger partial charge on any atom is -0.467 e. The number of rotatable bonds is 9. The fourth-order valence-corrected chi connectivity index (χ4v) is 3.12. The molecular weight excluding hydrogens is 380 g/mol. The van der Waals surface area contributed by atoms with E-state index in [-0.39, 0.29) is 24.8 Å². The number of furan rings is 1.